The fourth-order valence-electron chi connectivity index (χ4n) is 0.826. The summed E-state index contributed by atoms with van der Waals surface area (Å²) in [4.78, 5) is 0. The summed E-state index contributed by atoms with van der Waals surface area (Å²) in [6.45, 7) is 0. The Morgan fingerprint density at radius 3 is 2.55 bits per heavy atom. The van der Waals surface area contributed by atoms with Gasteiger partial charge in [0.15, 0.2) is 0 Å². The van der Waals surface area contributed by atoms with Crippen molar-refractivity contribution in [2.24, 2.45) is 5.73 Å². The molecule has 1 nitrogen and oxygen atoms in total. The number of benzene rings is 1. The fourth-order valence-corrected chi connectivity index (χ4v) is 1.22. The van der Waals surface area contributed by atoms with E-state index in [1.807, 2.05) is 42.0 Å². The fraction of sp³-hybridized carbons (Fsp3) is 0.111. The van der Waals surface area contributed by atoms with Crippen LogP contribution in [0.15, 0.2) is 35.7 Å². The quantitative estimate of drug-likeness (QED) is 0.727. The van der Waals surface area contributed by atoms with Crippen LogP contribution in [0.25, 0.3) is 5.70 Å². The molecule has 1 aromatic carbocycles. The Morgan fingerprint density at radius 1 is 1.36 bits per heavy atom. The lowest BCUT2D eigenvalue weighted by atomic mass is 10.2. The Labute approximate surface area is 71.3 Å². The van der Waals surface area contributed by atoms with Gasteiger partial charge < -0.3 is 5.73 Å². The van der Waals surface area contributed by atoms with Crippen LogP contribution in [0, 0.1) is 0 Å². The Kier molecular flexibility index (Phi) is 3.05. The number of nitrogens with two attached hydrogens (primary N) is 1. The average Bonchev–Trinajstić information content (AvgIpc) is 2.07. The monoisotopic (exact) mass is 165 g/mol. The highest BCUT2D eigenvalue weighted by Gasteiger charge is 1.91. The van der Waals surface area contributed by atoms with E-state index >= 15 is 0 Å². The van der Waals surface area contributed by atoms with E-state index in [-0.39, 0.29) is 0 Å². The van der Waals surface area contributed by atoms with Crippen LogP contribution < -0.4 is 5.73 Å². The Morgan fingerprint density at radius 2 is 2.00 bits per heavy atom. The van der Waals surface area contributed by atoms with E-state index in [9.17, 15) is 0 Å². The maximum Gasteiger partial charge on any atom is 0.0451 e. The van der Waals surface area contributed by atoms with Crippen molar-refractivity contribution in [3.8, 4) is 0 Å². The van der Waals surface area contributed by atoms with E-state index in [0.29, 0.717) is 0 Å². The van der Waals surface area contributed by atoms with Crippen molar-refractivity contribution in [1.82, 2.24) is 0 Å². The molecule has 0 spiro atoms. The molecule has 0 unspecified atom stereocenters. The van der Waals surface area contributed by atoms with Gasteiger partial charge in [0.05, 0.1) is 0 Å². The van der Waals surface area contributed by atoms with Gasteiger partial charge in [0.25, 0.3) is 0 Å². The molecule has 0 aliphatic carbocycles. The van der Waals surface area contributed by atoms with Gasteiger partial charge in [0, 0.05) is 5.70 Å². The number of hydrogen-bond acceptors (Lipinski definition) is 2. The normalized spacial score (nSPS) is 11.5. The molecule has 0 saturated carbocycles. The van der Waals surface area contributed by atoms with Crippen molar-refractivity contribution in [2.75, 3.05) is 6.26 Å². The lowest BCUT2D eigenvalue weighted by Gasteiger charge is -1.98. The van der Waals surface area contributed by atoms with Gasteiger partial charge in [-0.15, -0.1) is 11.8 Å². The molecule has 0 aliphatic rings. The maximum absolute atomic E-state index is 5.75. The summed E-state index contributed by atoms with van der Waals surface area (Å²) in [5, 5.41) is 1.94. The van der Waals surface area contributed by atoms with Gasteiger partial charge in [0.2, 0.25) is 0 Å². The molecule has 0 amide bonds. The van der Waals surface area contributed by atoms with Gasteiger partial charge in [-0.2, -0.15) is 0 Å². The summed E-state index contributed by atoms with van der Waals surface area (Å²) >= 11 is 1.62. The molecule has 1 rings (SSSR count). The second-order valence-electron chi connectivity index (χ2n) is 2.17. The first-order valence-corrected chi connectivity index (χ1v) is 4.67. The summed E-state index contributed by atoms with van der Waals surface area (Å²) in [6, 6.07) is 9.95. The van der Waals surface area contributed by atoms with Crippen molar-refractivity contribution in [2.45, 2.75) is 0 Å². The van der Waals surface area contributed by atoms with Gasteiger partial charge in [-0.1, -0.05) is 30.3 Å². The molecule has 0 aromatic heterocycles. The Balaban J connectivity index is 2.85. The topological polar surface area (TPSA) is 26.0 Å². The third-order valence-corrected chi connectivity index (χ3v) is 1.84. The maximum atomic E-state index is 5.75. The highest BCUT2D eigenvalue weighted by Crippen LogP contribution is 2.10. The lowest BCUT2D eigenvalue weighted by molar-refractivity contribution is 1.53. The van der Waals surface area contributed by atoms with Crippen LogP contribution in [-0.4, -0.2) is 6.26 Å². The minimum atomic E-state index is 0.832. The molecule has 0 radical (unpaired) electrons. The molecular weight excluding hydrogens is 154 g/mol. The zero-order chi connectivity index (χ0) is 8.10. The summed E-state index contributed by atoms with van der Waals surface area (Å²) in [6.07, 6.45) is 2.00. The molecule has 0 bridgehead atoms. The van der Waals surface area contributed by atoms with Crippen LogP contribution in [0.2, 0.25) is 0 Å². The molecule has 0 saturated heterocycles. The largest absolute Gasteiger partial charge is 0.398 e. The van der Waals surface area contributed by atoms with Gasteiger partial charge >= 0.3 is 0 Å². The second-order valence-corrected chi connectivity index (χ2v) is 2.88. The van der Waals surface area contributed by atoms with E-state index in [1.165, 1.54) is 0 Å². The summed E-state index contributed by atoms with van der Waals surface area (Å²) < 4.78 is 0. The molecule has 58 valence electrons. The molecule has 0 aliphatic heterocycles. The molecule has 2 N–H and O–H groups in total. The lowest BCUT2D eigenvalue weighted by Crippen LogP contribution is -1.93. The van der Waals surface area contributed by atoms with Crippen molar-refractivity contribution >= 4 is 17.5 Å². The minimum Gasteiger partial charge on any atom is -0.398 e. The third-order valence-electron chi connectivity index (χ3n) is 1.35. The van der Waals surface area contributed by atoms with E-state index in [2.05, 4.69) is 0 Å². The zero-order valence-corrected chi connectivity index (χ0v) is 7.27. The van der Waals surface area contributed by atoms with Crippen molar-refractivity contribution in [3.63, 3.8) is 0 Å². The second kappa shape index (κ2) is 4.09. The van der Waals surface area contributed by atoms with Crippen molar-refractivity contribution < 1.29 is 0 Å². The Hall–Kier alpha value is -0.890. The van der Waals surface area contributed by atoms with Crippen molar-refractivity contribution in [1.29, 1.82) is 0 Å². The SMILES string of the molecule is CS/C=C(\N)c1ccccc1. The molecule has 2 heteroatoms. The highest BCUT2D eigenvalue weighted by molar-refractivity contribution is 8.01. The first-order valence-electron chi connectivity index (χ1n) is 3.38. The summed E-state index contributed by atoms with van der Waals surface area (Å²) in [5.41, 5.74) is 7.66. The van der Waals surface area contributed by atoms with Crippen LogP contribution in [0.4, 0.5) is 0 Å². The minimum absolute atomic E-state index is 0.832. The van der Waals surface area contributed by atoms with Crippen LogP contribution >= 0.6 is 11.8 Å². The molecule has 1 aromatic rings. The summed E-state index contributed by atoms with van der Waals surface area (Å²) in [5.74, 6) is 0. The van der Waals surface area contributed by atoms with E-state index < -0.39 is 0 Å². The first kappa shape index (κ1) is 8.21. The third kappa shape index (κ3) is 2.31. The van der Waals surface area contributed by atoms with Gasteiger partial charge in [-0.3, -0.25) is 0 Å². The predicted molar refractivity (Wildman–Crippen MR) is 52.1 cm³/mol. The molecule has 11 heavy (non-hydrogen) atoms. The average molecular weight is 165 g/mol. The number of thioether (sulfide) groups is 1. The van der Waals surface area contributed by atoms with Crippen molar-refractivity contribution in [3.05, 3.63) is 41.3 Å². The predicted octanol–water partition coefficient (Wildman–Crippen LogP) is 2.31. The van der Waals surface area contributed by atoms with Crippen LogP contribution in [-0.2, 0) is 0 Å². The standard InChI is InChI=1S/C9H11NS/c1-11-7-9(10)8-5-3-2-4-6-8/h2-7H,10H2,1H3/b9-7-. The van der Waals surface area contributed by atoms with E-state index in [1.54, 1.807) is 11.8 Å². The molecule has 0 fully saturated rings. The highest BCUT2D eigenvalue weighted by atomic mass is 32.2. The van der Waals surface area contributed by atoms with Crippen LogP contribution in [0.3, 0.4) is 0 Å². The van der Waals surface area contributed by atoms with E-state index in [0.717, 1.165) is 11.3 Å². The van der Waals surface area contributed by atoms with Crippen LogP contribution in [0.5, 0.6) is 0 Å². The first-order chi connectivity index (χ1) is 5.34. The molecule has 0 atom stereocenters. The van der Waals surface area contributed by atoms with Gasteiger partial charge in [-0.25, -0.2) is 0 Å². The summed E-state index contributed by atoms with van der Waals surface area (Å²) in [7, 11) is 0. The van der Waals surface area contributed by atoms with Gasteiger partial charge in [-0.05, 0) is 17.2 Å². The smallest absolute Gasteiger partial charge is 0.0451 e. The molecular formula is C9H11NS. The number of hydrogen-bond donors (Lipinski definition) is 1. The number of rotatable bonds is 2. The van der Waals surface area contributed by atoms with E-state index in [4.69, 9.17) is 5.73 Å². The zero-order valence-electron chi connectivity index (χ0n) is 6.45. The van der Waals surface area contributed by atoms with Gasteiger partial charge in [0.1, 0.15) is 0 Å². The van der Waals surface area contributed by atoms with Crippen LogP contribution in [0.1, 0.15) is 5.56 Å². The Bertz CT molecular complexity index is 241. The molecule has 0 heterocycles.